The van der Waals surface area contributed by atoms with Crippen LogP contribution in [0.2, 0.25) is 0 Å². The molecule has 1 aromatic carbocycles. The Balaban J connectivity index is 2.00. The molecule has 0 bridgehead atoms. The molecule has 0 radical (unpaired) electrons. The molecule has 0 amide bonds. The quantitative estimate of drug-likeness (QED) is 0.901. The van der Waals surface area contributed by atoms with Gasteiger partial charge < -0.3 is 10.5 Å². The minimum atomic E-state index is 0.527. The summed E-state index contributed by atoms with van der Waals surface area (Å²) in [6, 6.07) is 6.10. The fraction of sp³-hybridized carbons (Fsp3) is 0.357. The Bertz CT molecular complexity index is 522. The van der Waals surface area contributed by atoms with Crippen molar-refractivity contribution in [2.45, 2.75) is 26.9 Å². The van der Waals surface area contributed by atoms with Crippen LogP contribution in [0.3, 0.4) is 0 Å². The predicted octanol–water partition coefficient (Wildman–Crippen LogP) is 2.84. The minimum absolute atomic E-state index is 0.527. The maximum atomic E-state index is 5.81. The van der Waals surface area contributed by atoms with Crippen LogP contribution in [0.15, 0.2) is 24.4 Å². The summed E-state index contributed by atoms with van der Waals surface area (Å²) in [5.74, 6) is 0.936. The highest BCUT2D eigenvalue weighted by molar-refractivity contribution is 7.11. The molecule has 18 heavy (non-hydrogen) atoms. The molecule has 3 nitrogen and oxygen atoms in total. The SMILES string of the molecule is Cc1cccc(OCc2ncc(CCN)s2)c1C. The Kier molecular flexibility index (Phi) is 4.33. The monoisotopic (exact) mass is 262 g/mol. The van der Waals surface area contributed by atoms with Gasteiger partial charge in [-0.3, -0.25) is 0 Å². The number of hydrogen-bond acceptors (Lipinski definition) is 4. The van der Waals surface area contributed by atoms with Crippen LogP contribution in [0.5, 0.6) is 5.75 Å². The number of aryl methyl sites for hydroxylation is 1. The number of rotatable bonds is 5. The molecule has 0 atom stereocenters. The second-order valence-corrected chi connectivity index (χ2v) is 5.45. The molecular formula is C14H18N2OS. The van der Waals surface area contributed by atoms with E-state index in [2.05, 4.69) is 24.9 Å². The van der Waals surface area contributed by atoms with E-state index in [9.17, 15) is 0 Å². The van der Waals surface area contributed by atoms with Crippen molar-refractivity contribution in [2.75, 3.05) is 6.54 Å². The molecule has 0 aliphatic heterocycles. The van der Waals surface area contributed by atoms with Crippen LogP contribution in [0, 0.1) is 13.8 Å². The highest BCUT2D eigenvalue weighted by atomic mass is 32.1. The van der Waals surface area contributed by atoms with Gasteiger partial charge in [-0.25, -0.2) is 4.98 Å². The van der Waals surface area contributed by atoms with Crippen LogP contribution in [-0.4, -0.2) is 11.5 Å². The van der Waals surface area contributed by atoms with Crippen LogP contribution in [-0.2, 0) is 13.0 Å². The zero-order chi connectivity index (χ0) is 13.0. The minimum Gasteiger partial charge on any atom is -0.486 e. The van der Waals surface area contributed by atoms with Gasteiger partial charge in [-0.1, -0.05) is 12.1 Å². The molecule has 0 saturated carbocycles. The van der Waals surface area contributed by atoms with Gasteiger partial charge in [0.25, 0.3) is 0 Å². The number of aromatic nitrogens is 1. The van der Waals surface area contributed by atoms with Gasteiger partial charge in [0.15, 0.2) is 0 Å². The van der Waals surface area contributed by atoms with Crippen molar-refractivity contribution in [3.05, 3.63) is 45.4 Å². The lowest BCUT2D eigenvalue weighted by molar-refractivity contribution is 0.303. The van der Waals surface area contributed by atoms with Gasteiger partial charge in [-0.2, -0.15) is 0 Å². The van der Waals surface area contributed by atoms with Crippen LogP contribution in [0.4, 0.5) is 0 Å². The molecule has 1 aromatic heterocycles. The highest BCUT2D eigenvalue weighted by Crippen LogP contribution is 2.22. The first-order chi connectivity index (χ1) is 8.70. The predicted molar refractivity (Wildman–Crippen MR) is 75.1 cm³/mol. The van der Waals surface area contributed by atoms with E-state index in [1.165, 1.54) is 16.0 Å². The van der Waals surface area contributed by atoms with Gasteiger partial charge in [-0.15, -0.1) is 11.3 Å². The fourth-order valence-corrected chi connectivity index (χ4v) is 2.54. The summed E-state index contributed by atoms with van der Waals surface area (Å²) < 4.78 is 5.81. The Morgan fingerprint density at radius 1 is 1.33 bits per heavy atom. The molecule has 2 rings (SSSR count). The first kappa shape index (κ1) is 13.1. The molecule has 4 heteroatoms. The van der Waals surface area contributed by atoms with E-state index in [0.717, 1.165) is 17.2 Å². The Labute approximate surface area is 112 Å². The number of hydrogen-bond donors (Lipinski definition) is 1. The third-order valence-electron chi connectivity index (χ3n) is 2.90. The van der Waals surface area contributed by atoms with Crippen molar-refractivity contribution >= 4 is 11.3 Å². The fourth-order valence-electron chi connectivity index (χ4n) is 1.69. The highest BCUT2D eigenvalue weighted by Gasteiger charge is 2.05. The lowest BCUT2D eigenvalue weighted by atomic mass is 10.1. The molecule has 0 fully saturated rings. The number of nitrogens with two attached hydrogens (primary N) is 1. The normalized spacial score (nSPS) is 10.6. The van der Waals surface area contributed by atoms with Crippen molar-refractivity contribution in [3.8, 4) is 5.75 Å². The summed E-state index contributed by atoms with van der Waals surface area (Å²) in [7, 11) is 0. The van der Waals surface area contributed by atoms with Gasteiger partial charge >= 0.3 is 0 Å². The maximum absolute atomic E-state index is 5.81. The number of ether oxygens (including phenoxy) is 1. The molecule has 0 unspecified atom stereocenters. The Morgan fingerprint density at radius 3 is 2.94 bits per heavy atom. The Hall–Kier alpha value is -1.39. The van der Waals surface area contributed by atoms with E-state index in [4.69, 9.17) is 10.5 Å². The van der Waals surface area contributed by atoms with E-state index < -0.39 is 0 Å². The van der Waals surface area contributed by atoms with Gasteiger partial charge in [0.1, 0.15) is 17.4 Å². The number of thiazole rings is 1. The summed E-state index contributed by atoms with van der Waals surface area (Å²) in [6.07, 6.45) is 2.78. The average Bonchev–Trinajstić information content (AvgIpc) is 2.79. The zero-order valence-electron chi connectivity index (χ0n) is 10.8. The van der Waals surface area contributed by atoms with E-state index >= 15 is 0 Å². The summed E-state index contributed by atoms with van der Waals surface area (Å²) in [4.78, 5) is 5.56. The molecule has 0 aliphatic rings. The lowest BCUT2D eigenvalue weighted by Gasteiger charge is -2.09. The van der Waals surface area contributed by atoms with Crippen molar-refractivity contribution in [2.24, 2.45) is 5.73 Å². The van der Waals surface area contributed by atoms with Crippen molar-refractivity contribution < 1.29 is 4.74 Å². The van der Waals surface area contributed by atoms with E-state index in [0.29, 0.717) is 13.2 Å². The summed E-state index contributed by atoms with van der Waals surface area (Å²) >= 11 is 1.67. The van der Waals surface area contributed by atoms with Crippen molar-refractivity contribution in [1.82, 2.24) is 4.98 Å². The van der Waals surface area contributed by atoms with Gasteiger partial charge in [0.2, 0.25) is 0 Å². The number of nitrogens with zero attached hydrogens (tertiary/aromatic N) is 1. The number of benzene rings is 1. The average molecular weight is 262 g/mol. The van der Waals surface area contributed by atoms with Crippen LogP contribution < -0.4 is 10.5 Å². The van der Waals surface area contributed by atoms with E-state index in [-0.39, 0.29) is 0 Å². The van der Waals surface area contributed by atoms with E-state index in [1.807, 2.05) is 18.3 Å². The molecule has 2 N–H and O–H groups in total. The van der Waals surface area contributed by atoms with Crippen LogP contribution in [0.1, 0.15) is 21.0 Å². The van der Waals surface area contributed by atoms with Crippen LogP contribution >= 0.6 is 11.3 Å². The maximum Gasteiger partial charge on any atom is 0.140 e. The summed E-state index contributed by atoms with van der Waals surface area (Å²) in [6.45, 7) is 5.36. The second-order valence-electron chi connectivity index (χ2n) is 4.25. The largest absolute Gasteiger partial charge is 0.486 e. The van der Waals surface area contributed by atoms with Crippen molar-refractivity contribution in [1.29, 1.82) is 0 Å². The molecule has 2 aromatic rings. The summed E-state index contributed by atoms with van der Waals surface area (Å²) in [5.41, 5.74) is 7.96. The molecule has 1 heterocycles. The first-order valence-electron chi connectivity index (χ1n) is 6.03. The van der Waals surface area contributed by atoms with Gasteiger partial charge in [0, 0.05) is 11.1 Å². The third kappa shape index (κ3) is 3.09. The third-order valence-corrected chi connectivity index (χ3v) is 3.93. The topological polar surface area (TPSA) is 48.1 Å². The molecule has 0 aliphatic carbocycles. The van der Waals surface area contributed by atoms with Crippen LogP contribution in [0.25, 0.3) is 0 Å². The first-order valence-corrected chi connectivity index (χ1v) is 6.85. The van der Waals surface area contributed by atoms with E-state index in [1.54, 1.807) is 11.3 Å². The smallest absolute Gasteiger partial charge is 0.140 e. The zero-order valence-corrected chi connectivity index (χ0v) is 11.6. The Morgan fingerprint density at radius 2 is 2.17 bits per heavy atom. The molecule has 96 valence electrons. The standard InChI is InChI=1S/C14H18N2OS/c1-10-4-3-5-13(11(10)2)17-9-14-16-8-12(18-14)6-7-15/h3-5,8H,6-7,9,15H2,1-2H3. The summed E-state index contributed by atoms with van der Waals surface area (Å²) in [5, 5.41) is 0.999. The second kappa shape index (κ2) is 5.98. The van der Waals surface area contributed by atoms with Crippen molar-refractivity contribution in [3.63, 3.8) is 0 Å². The van der Waals surface area contributed by atoms with Gasteiger partial charge in [0.05, 0.1) is 0 Å². The van der Waals surface area contributed by atoms with Gasteiger partial charge in [-0.05, 0) is 44.0 Å². The molecule has 0 spiro atoms. The lowest BCUT2D eigenvalue weighted by Crippen LogP contribution is -2.00. The molecule has 0 saturated heterocycles. The molecular weight excluding hydrogens is 244 g/mol.